The number of rotatable bonds is 1. The first-order chi connectivity index (χ1) is 6.69. The summed E-state index contributed by atoms with van der Waals surface area (Å²) in [5.41, 5.74) is -0.372. The second-order valence-electron chi connectivity index (χ2n) is 4.58. The number of Topliss-reactive ketones (excluding diaryl/α,β-unsaturated/α-hetero) is 2. The van der Waals surface area contributed by atoms with E-state index in [2.05, 4.69) is 0 Å². The molecule has 78 valence electrons. The van der Waals surface area contributed by atoms with Crippen LogP contribution in [0, 0.1) is 11.3 Å². The topological polar surface area (TPSA) is 54.4 Å². The second-order valence-corrected chi connectivity index (χ2v) is 4.58. The zero-order valence-corrected chi connectivity index (χ0v) is 8.29. The first-order valence-electron chi connectivity index (χ1n) is 5.37. The van der Waals surface area contributed by atoms with Crippen LogP contribution in [0.15, 0.2) is 0 Å². The number of ketones is 2. The van der Waals surface area contributed by atoms with E-state index < -0.39 is 5.92 Å². The summed E-state index contributed by atoms with van der Waals surface area (Å²) in [4.78, 5) is 23.5. The van der Waals surface area contributed by atoms with Crippen molar-refractivity contribution in [2.75, 3.05) is 6.61 Å². The Balaban J connectivity index is 2.21. The van der Waals surface area contributed by atoms with E-state index in [1.807, 2.05) is 0 Å². The van der Waals surface area contributed by atoms with E-state index >= 15 is 0 Å². The molecular formula is C11H16O3. The Morgan fingerprint density at radius 3 is 2.36 bits per heavy atom. The Morgan fingerprint density at radius 1 is 1.21 bits per heavy atom. The van der Waals surface area contributed by atoms with Crippen LogP contribution in [0.2, 0.25) is 0 Å². The quantitative estimate of drug-likeness (QED) is 0.639. The van der Waals surface area contributed by atoms with E-state index in [4.69, 9.17) is 5.11 Å². The van der Waals surface area contributed by atoms with Crippen LogP contribution in [0.25, 0.3) is 0 Å². The molecule has 0 aromatic heterocycles. The van der Waals surface area contributed by atoms with Crippen LogP contribution in [0.3, 0.4) is 0 Å². The lowest BCUT2D eigenvalue weighted by atomic mass is 9.71. The summed E-state index contributed by atoms with van der Waals surface area (Å²) in [6, 6.07) is 0. The maximum Gasteiger partial charge on any atom is 0.152 e. The average molecular weight is 196 g/mol. The maximum atomic E-state index is 11.9. The molecule has 3 heteroatoms. The summed E-state index contributed by atoms with van der Waals surface area (Å²) in [5.74, 6) is -0.725. The van der Waals surface area contributed by atoms with Crippen molar-refractivity contribution >= 4 is 11.6 Å². The summed E-state index contributed by atoms with van der Waals surface area (Å²) in [7, 11) is 0. The van der Waals surface area contributed by atoms with Gasteiger partial charge in [0, 0.05) is 11.8 Å². The number of aliphatic hydroxyl groups is 1. The largest absolute Gasteiger partial charge is 0.395 e. The molecule has 0 saturated heterocycles. The molecular weight excluding hydrogens is 180 g/mol. The van der Waals surface area contributed by atoms with E-state index in [0.29, 0.717) is 6.42 Å². The average Bonchev–Trinajstić information content (AvgIpc) is 2.40. The van der Waals surface area contributed by atoms with Gasteiger partial charge < -0.3 is 5.11 Å². The van der Waals surface area contributed by atoms with Gasteiger partial charge in [0.25, 0.3) is 0 Å². The molecule has 2 aliphatic rings. The lowest BCUT2D eigenvalue weighted by molar-refractivity contribution is -0.132. The van der Waals surface area contributed by atoms with Gasteiger partial charge in [0.1, 0.15) is 5.78 Å². The fourth-order valence-corrected chi connectivity index (χ4v) is 2.90. The highest BCUT2D eigenvalue weighted by Crippen LogP contribution is 2.46. The van der Waals surface area contributed by atoms with Crippen LogP contribution in [-0.2, 0) is 9.59 Å². The zero-order valence-electron chi connectivity index (χ0n) is 8.29. The van der Waals surface area contributed by atoms with Gasteiger partial charge in [0.2, 0.25) is 0 Å². The third-order valence-electron chi connectivity index (χ3n) is 3.73. The summed E-state index contributed by atoms with van der Waals surface area (Å²) >= 11 is 0. The molecule has 0 aliphatic heterocycles. The van der Waals surface area contributed by atoms with Gasteiger partial charge in [-0.15, -0.1) is 0 Å². The number of carbonyl (C=O) groups excluding carboxylic acids is 2. The summed E-state index contributed by atoms with van der Waals surface area (Å²) in [5, 5.41) is 8.98. The predicted octanol–water partition coefficient (Wildman–Crippen LogP) is 1.09. The summed E-state index contributed by atoms with van der Waals surface area (Å²) in [6.07, 6.45) is 5.38. The van der Waals surface area contributed by atoms with Crippen LogP contribution in [0.5, 0.6) is 0 Å². The van der Waals surface area contributed by atoms with Gasteiger partial charge in [-0.3, -0.25) is 9.59 Å². The molecule has 14 heavy (non-hydrogen) atoms. The molecule has 1 unspecified atom stereocenters. The van der Waals surface area contributed by atoms with Gasteiger partial charge in [0.05, 0.1) is 12.5 Å². The summed E-state index contributed by atoms with van der Waals surface area (Å²) < 4.78 is 0. The SMILES string of the molecule is O=C1CC2(CCCCC2)C(=O)C1CO. The van der Waals surface area contributed by atoms with E-state index in [-0.39, 0.29) is 23.6 Å². The number of hydrogen-bond acceptors (Lipinski definition) is 3. The van der Waals surface area contributed by atoms with E-state index in [0.717, 1.165) is 25.7 Å². The molecule has 0 aromatic carbocycles. The first-order valence-corrected chi connectivity index (χ1v) is 5.37. The van der Waals surface area contributed by atoms with E-state index in [1.165, 1.54) is 6.42 Å². The van der Waals surface area contributed by atoms with Gasteiger partial charge in [-0.25, -0.2) is 0 Å². The van der Waals surface area contributed by atoms with Gasteiger partial charge >= 0.3 is 0 Å². The zero-order chi connectivity index (χ0) is 10.2. The number of hydrogen-bond donors (Lipinski definition) is 1. The number of carbonyl (C=O) groups is 2. The molecule has 0 bridgehead atoms. The van der Waals surface area contributed by atoms with E-state index in [1.54, 1.807) is 0 Å². The van der Waals surface area contributed by atoms with Crippen molar-refractivity contribution in [2.24, 2.45) is 11.3 Å². The van der Waals surface area contributed by atoms with Crippen molar-refractivity contribution in [2.45, 2.75) is 38.5 Å². The predicted molar refractivity (Wildman–Crippen MR) is 50.7 cm³/mol. The Bertz CT molecular complexity index is 264. The molecule has 1 spiro atoms. The highest BCUT2D eigenvalue weighted by Gasteiger charge is 2.52. The van der Waals surface area contributed by atoms with Gasteiger partial charge in [0.15, 0.2) is 5.78 Å². The van der Waals surface area contributed by atoms with Crippen LogP contribution in [0.1, 0.15) is 38.5 Å². The second kappa shape index (κ2) is 3.46. The molecule has 3 nitrogen and oxygen atoms in total. The van der Waals surface area contributed by atoms with Crippen molar-refractivity contribution in [3.63, 3.8) is 0 Å². The molecule has 0 heterocycles. The standard InChI is InChI=1S/C11H16O3/c12-7-8-9(13)6-11(10(8)14)4-2-1-3-5-11/h8,12H,1-7H2. The molecule has 0 radical (unpaired) electrons. The Labute approximate surface area is 83.5 Å². The van der Waals surface area contributed by atoms with Crippen molar-refractivity contribution in [3.05, 3.63) is 0 Å². The van der Waals surface area contributed by atoms with Crippen LogP contribution in [0.4, 0.5) is 0 Å². The van der Waals surface area contributed by atoms with Crippen molar-refractivity contribution < 1.29 is 14.7 Å². The smallest absolute Gasteiger partial charge is 0.152 e. The highest BCUT2D eigenvalue weighted by molar-refractivity contribution is 6.12. The minimum Gasteiger partial charge on any atom is -0.395 e. The molecule has 1 atom stereocenters. The normalized spacial score (nSPS) is 31.4. The lowest BCUT2D eigenvalue weighted by Crippen LogP contribution is -2.32. The minimum absolute atomic E-state index is 0.0182. The molecule has 1 N–H and O–H groups in total. The third-order valence-corrected chi connectivity index (χ3v) is 3.73. The van der Waals surface area contributed by atoms with Gasteiger partial charge in [-0.05, 0) is 12.8 Å². The molecule has 2 fully saturated rings. The monoisotopic (exact) mass is 196 g/mol. The summed E-state index contributed by atoms with van der Waals surface area (Å²) in [6.45, 7) is -0.292. The van der Waals surface area contributed by atoms with Crippen LogP contribution >= 0.6 is 0 Å². The fourth-order valence-electron chi connectivity index (χ4n) is 2.90. The van der Waals surface area contributed by atoms with Gasteiger partial charge in [-0.1, -0.05) is 19.3 Å². The molecule has 2 rings (SSSR count). The lowest BCUT2D eigenvalue weighted by Gasteiger charge is -2.30. The highest BCUT2D eigenvalue weighted by atomic mass is 16.3. The Kier molecular flexibility index (Phi) is 2.43. The van der Waals surface area contributed by atoms with Crippen molar-refractivity contribution in [1.82, 2.24) is 0 Å². The van der Waals surface area contributed by atoms with Crippen LogP contribution in [-0.4, -0.2) is 23.3 Å². The fraction of sp³-hybridized carbons (Fsp3) is 0.818. The van der Waals surface area contributed by atoms with Crippen molar-refractivity contribution in [1.29, 1.82) is 0 Å². The maximum absolute atomic E-state index is 11.9. The number of aliphatic hydroxyl groups excluding tert-OH is 1. The molecule has 0 amide bonds. The Hall–Kier alpha value is -0.700. The molecule has 2 aliphatic carbocycles. The van der Waals surface area contributed by atoms with Crippen LogP contribution < -0.4 is 0 Å². The molecule has 0 aromatic rings. The van der Waals surface area contributed by atoms with Crippen molar-refractivity contribution in [3.8, 4) is 0 Å². The van der Waals surface area contributed by atoms with E-state index in [9.17, 15) is 9.59 Å². The Morgan fingerprint density at radius 2 is 1.86 bits per heavy atom. The van der Waals surface area contributed by atoms with Gasteiger partial charge in [-0.2, -0.15) is 0 Å². The minimum atomic E-state index is -0.701. The first kappa shape index (κ1) is 9.84. The third kappa shape index (κ3) is 1.31. The molecule has 2 saturated carbocycles.